The number of aromatic nitrogens is 4. The number of benzene rings is 1. The first-order chi connectivity index (χ1) is 9.24. The molecule has 19 heavy (non-hydrogen) atoms. The second-order valence-corrected chi connectivity index (χ2v) is 3.80. The zero-order chi connectivity index (χ0) is 13.2. The number of rotatable bonds is 3. The van der Waals surface area contributed by atoms with Crippen LogP contribution < -0.4 is 0 Å². The summed E-state index contributed by atoms with van der Waals surface area (Å²) in [5.41, 5.74) is 1.43. The Bertz CT molecular complexity index is 718. The summed E-state index contributed by atoms with van der Waals surface area (Å²) in [6.07, 6.45) is 3.19. The van der Waals surface area contributed by atoms with Crippen LogP contribution in [0.2, 0.25) is 0 Å². The Kier molecular flexibility index (Phi) is 2.57. The predicted molar refractivity (Wildman–Crippen MR) is 64.3 cm³/mol. The van der Waals surface area contributed by atoms with Crippen LogP contribution in [-0.4, -0.2) is 31.4 Å². The van der Waals surface area contributed by atoms with E-state index in [9.17, 15) is 4.79 Å². The molecular formula is C12H8N4O3. The van der Waals surface area contributed by atoms with Crippen LogP contribution >= 0.6 is 0 Å². The highest BCUT2D eigenvalue weighted by Crippen LogP contribution is 2.21. The monoisotopic (exact) mass is 256 g/mol. The zero-order valence-corrected chi connectivity index (χ0v) is 9.57. The summed E-state index contributed by atoms with van der Waals surface area (Å²) < 4.78 is 5.10. The Hall–Kier alpha value is -2.96. The molecule has 7 nitrogen and oxygen atoms in total. The lowest BCUT2D eigenvalue weighted by atomic mass is 10.1. The molecule has 7 heteroatoms. The van der Waals surface area contributed by atoms with Crippen LogP contribution in [0.5, 0.6) is 0 Å². The molecule has 0 radical (unpaired) electrons. The van der Waals surface area contributed by atoms with E-state index in [4.69, 9.17) is 9.63 Å². The predicted octanol–water partition coefficient (Wildman–Crippen LogP) is 1.82. The van der Waals surface area contributed by atoms with E-state index >= 15 is 0 Å². The van der Waals surface area contributed by atoms with Crippen LogP contribution in [0.4, 0.5) is 0 Å². The molecular weight excluding hydrogens is 248 g/mol. The summed E-state index contributed by atoms with van der Waals surface area (Å²) in [7, 11) is 0. The van der Waals surface area contributed by atoms with Gasteiger partial charge in [-0.1, -0.05) is 17.3 Å². The van der Waals surface area contributed by atoms with Crippen LogP contribution in [0, 0.1) is 0 Å². The van der Waals surface area contributed by atoms with Gasteiger partial charge in [0, 0.05) is 11.8 Å². The van der Waals surface area contributed by atoms with Gasteiger partial charge in [-0.15, -0.1) is 0 Å². The van der Waals surface area contributed by atoms with Gasteiger partial charge in [-0.25, -0.2) is 4.79 Å². The first-order valence-electron chi connectivity index (χ1n) is 5.40. The maximum absolute atomic E-state index is 10.9. The van der Waals surface area contributed by atoms with Crippen LogP contribution in [0.1, 0.15) is 10.4 Å². The maximum atomic E-state index is 10.9. The van der Waals surface area contributed by atoms with E-state index in [-0.39, 0.29) is 5.56 Å². The molecule has 0 saturated heterocycles. The number of carboxylic acids is 1. The van der Waals surface area contributed by atoms with Gasteiger partial charge in [0.25, 0.3) is 5.89 Å². The van der Waals surface area contributed by atoms with Gasteiger partial charge in [-0.3, -0.25) is 5.10 Å². The normalized spacial score (nSPS) is 10.5. The minimum absolute atomic E-state index is 0.173. The van der Waals surface area contributed by atoms with Crippen LogP contribution in [0.25, 0.3) is 22.8 Å². The minimum Gasteiger partial charge on any atom is -0.478 e. The van der Waals surface area contributed by atoms with Gasteiger partial charge in [-0.05, 0) is 12.1 Å². The quantitative estimate of drug-likeness (QED) is 0.740. The summed E-state index contributed by atoms with van der Waals surface area (Å²) in [6, 6.07) is 6.35. The lowest BCUT2D eigenvalue weighted by Gasteiger charge is -1.96. The number of hydrogen-bond acceptors (Lipinski definition) is 5. The third-order valence-corrected chi connectivity index (χ3v) is 2.54. The first kappa shape index (κ1) is 11.1. The zero-order valence-electron chi connectivity index (χ0n) is 9.57. The molecule has 0 aliphatic heterocycles. The standard InChI is InChI=1S/C12H8N4O3/c17-12(18)8-3-1-2-7(4-8)10-15-11(19-16-10)9-5-13-14-6-9/h1-6H,(H,13,14)(H,17,18). The smallest absolute Gasteiger partial charge is 0.335 e. The van der Waals surface area contributed by atoms with Crippen molar-refractivity contribution in [2.24, 2.45) is 0 Å². The molecule has 2 N–H and O–H groups in total. The van der Waals surface area contributed by atoms with Crippen molar-refractivity contribution in [1.82, 2.24) is 20.3 Å². The van der Waals surface area contributed by atoms with E-state index in [2.05, 4.69) is 20.3 Å². The lowest BCUT2D eigenvalue weighted by Crippen LogP contribution is -1.96. The second kappa shape index (κ2) is 4.37. The van der Waals surface area contributed by atoms with E-state index in [1.54, 1.807) is 24.5 Å². The highest BCUT2D eigenvalue weighted by atomic mass is 16.5. The third kappa shape index (κ3) is 2.08. The fourth-order valence-corrected chi connectivity index (χ4v) is 1.62. The van der Waals surface area contributed by atoms with E-state index in [0.29, 0.717) is 22.8 Å². The molecule has 0 unspecified atom stereocenters. The first-order valence-corrected chi connectivity index (χ1v) is 5.40. The van der Waals surface area contributed by atoms with E-state index in [1.807, 2.05) is 0 Å². The Labute approximate surface area is 106 Å². The van der Waals surface area contributed by atoms with Gasteiger partial charge in [-0.2, -0.15) is 10.1 Å². The molecule has 2 aromatic heterocycles. The van der Waals surface area contributed by atoms with E-state index in [0.717, 1.165) is 0 Å². The Morgan fingerprint density at radius 1 is 1.32 bits per heavy atom. The van der Waals surface area contributed by atoms with Crippen molar-refractivity contribution in [3.05, 3.63) is 42.2 Å². The van der Waals surface area contributed by atoms with E-state index in [1.165, 1.54) is 12.1 Å². The molecule has 0 amide bonds. The van der Waals surface area contributed by atoms with Crippen molar-refractivity contribution in [3.63, 3.8) is 0 Å². The van der Waals surface area contributed by atoms with Crippen molar-refractivity contribution < 1.29 is 14.4 Å². The van der Waals surface area contributed by atoms with Gasteiger partial charge in [0.05, 0.1) is 17.3 Å². The van der Waals surface area contributed by atoms with Crippen molar-refractivity contribution in [1.29, 1.82) is 0 Å². The van der Waals surface area contributed by atoms with Gasteiger partial charge < -0.3 is 9.63 Å². The highest BCUT2D eigenvalue weighted by Gasteiger charge is 2.12. The number of nitrogens with zero attached hydrogens (tertiary/aromatic N) is 3. The SMILES string of the molecule is O=C(O)c1cccc(-c2noc(-c3cn[nH]c3)n2)c1. The summed E-state index contributed by atoms with van der Waals surface area (Å²) >= 11 is 0. The molecule has 0 aliphatic carbocycles. The highest BCUT2D eigenvalue weighted by molar-refractivity contribution is 5.89. The van der Waals surface area contributed by atoms with Crippen molar-refractivity contribution in [3.8, 4) is 22.8 Å². The average molecular weight is 256 g/mol. The molecule has 0 atom stereocenters. The molecule has 2 heterocycles. The fraction of sp³-hybridized carbons (Fsp3) is 0. The number of aromatic carboxylic acids is 1. The largest absolute Gasteiger partial charge is 0.478 e. The summed E-state index contributed by atoms with van der Waals surface area (Å²) in [6.45, 7) is 0. The van der Waals surface area contributed by atoms with Crippen LogP contribution in [0.15, 0.2) is 41.2 Å². The number of aromatic amines is 1. The van der Waals surface area contributed by atoms with Gasteiger partial charge in [0.1, 0.15) is 0 Å². The van der Waals surface area contributed by atoms with Crippen molar-refractivity contribution >= 4 is 5.97 Å². The van der Waals surface area contributed by atoms with Crippen LogP contribution in [-0.2, 0) is 0 Å². The molecule has 1 aromatic carbocycles. The average Bonchev–Trinajstić information content (AvgIpc) is 3.09. The molecule has 0 aliphatic rings. The van der Waals surface area contributed by atoms with Gasteiger partial charge in [0.2, 0.25) is 5.82 Å². The Morgan fingerprint density at radius 3 is 2.95 bits per heavy atom. The molecule has 0 fully saturated rings. The maximum Gasteiger partial charge on any atom is 0.335 e. The molecule has 0 spiro atoms. The third-order valence-electron chi connectivity index (χ3n) is 2.54. The minimum atomic E-state index is -1.000. The fourth-order valence-electron chi connectivity index (χ4n) is 1.62. The van der Waals surface area contributed by atoms with Crippen molar-refractivity contribution in [2.75, 3.05) is 0 Å². The van der Waals surface area contributed by atoms with Crippen molar-refractivity contribution in [2.45, 2.75) is 0 Å². The summed E-state index contributed by atoms with van der Waals surface area (Å²) in [5.74, 6) is -0.343. The number of carbonyl (C=O) groups is 1. The molecule has 94 valence electrons. The lowest BCUT2D eigenvalue weighted by molar-refractivity contribution is 0.0697. The number of H-pyrrole nitrogens is 1. The van der Waals surface area contributed by atoms with Crippen LogP contribution in [0.3, 0.4) is 0 Å². The molecule has 3 aromatic rings. The molecule has 0 bridgehead atoms. The topological polar surface area (TPSA) is 105 Å². The summed E-state index contributed by atoms with van der Waals surface area (Å²) in [5, 5.41) is 19.2. The van der Waals surface area contributed by atoms with Gasteiger partial charge in [0.15, 0.2) is 0 Å². The van der Waals surface area contributed by atoms with Gasteiger partial charge >= 0.3 is 5.97 Å². The number of hydrogen-bond donors (Lipinski definition) is 2. The molecule has 3 rings (SSSR count). The number of nitrogens with one attached hydrogen (secondary N) is 1. The Balaban J connectivity index is 1.99. The number of carboxylic acid groups (broad SMARTS) is 1. The van der Waals surface area contributed by atoms with E-state index < -0.39 is 5.97 Å². The second-order valence-electron chi connectivity index (χ2n) is 3.80. The molecule has 0 saturated carbocycles. The summed E-state index contributed by atoms with van der Waals surface area (Å²) in [4.78, 5) is 15.1. The Morgan fingerprint density at radius 2 is 2.21 bits per heavy atom.